The zero-order valence-electron chi connectivity index (χ0n) is 14.6. The van der Waals surface area contributed by atoms with Crippen LogP contribution in [0.25, 0.3) is 0 Å². The first-order valence-corrected chi connectivity index (χ1v) is 8.64. The number of carbonyl (C=O) groups is 1. The Morgan fingerprint density at radius 1 is 1.38 bits per heavy atom. The molecule has 0 heterocycles. The fraction of sp³-hybridized carbons (Fsp3) is 0.941. The quantitative estimate of drug-likeness (QED) is 0.724. The van der Waals surface area contributed by atoms with Crippen LogP contribution in [0.5, 0.6) is 0 Å². The van der Waals surface area contributed by atoms with Gasteiger partial charge >= 0.3 is 0 Å². The van der Waals surface area contributed by atoms with Gasteiger partial charge in [-0.2, -0.15) is 0 Å². The van der Waals surface area contributed by atoms with Gasteiger partial charge < -0.3 is 11.1 Å². The van der Waals surface area contributed by atoms with Crippen LogP contribution in [0.4, 0.5) is 0 Å². The van der Waals surface area contributed by atoms with Gasteiger partial charge in [-0.25, -0.2) is 0 Å². The smallest absolute Gasteiger partial charge is 0.237 e. The molecule has 4 nitrogen and oxygen atoms in total. The lowest BCUT2D eigenvalue weighted by molar-refractivity contribution is -0.126. The van der Waals surface area contributed by atoms with Gasteiger partial charge in [-0.3, -0.25) is 9.69 Å². The molecule has 1 amide bonds. The van der Waals surface area contributed by atoms with Crippen molar-refractivity contribution >= 4 is 5.91 Å². The Hall–Kier alpha value is -0.610. The standard InChI is InChI=1S/C17H35N3O/c1-6-14(7-2)20(12-13(3)4)15-9-8-10-17(11-15,19-5)16(18)21/h13-15,19H,6-12H2,1-5H3,(H2,18,21). The lowest BCUT2D eigenvalue weighted by Crippen LogP contribution is -2.60. The van der Waals surface area contributed by atoms with E-state index in [-0.39, 0.29) is 5.91 Å². The normalized spacial score (nSPS) is 26.8. The third-order valence-corrected chi connectivity index (χ3v) is 5.13. The minimum Gasteiger partial charge on any atom is -0.368 e. The zero-order chi connectivity index (χ0) is 16.0. The van der Waals surface area contributed by atoms with Crippen LogP contribution in [0.15, 0.2) is 0 Å². The summed E-state index contributed by atoms with van der Waals surface area (Å²) in [5.41, 5.74) is 5.19. The molecular formula is C17H35N3O. The zero-order valence-corrected chi connectivity index (χ0v) is 14.6. The van der Waals surface area contributed by atoms with Crippen molar-refractivity contribution in [2.75, 3.05) is 13.6 Å². The van der Waals surface area contributed by atoms with Gasteiger partial charge in [-0.1, -0.05) is 27.7 Å². The van der Waals surface area contributed by atoms with Gasteiger partial charge in [0.05, 0.1) is 5.54 Å². The van der Waals surface area contributed by atoms with Crippen LogP contribution in [0, 0.1) is 5.92 Å². The van der Waals surface area contributed by atoms with E-state index in [9.17, 15) is 4.79 Å². The van der Waals surface area contributed by atoms with Crippen molar-refractivity contribution in [3.63, 3.8) is 0 Å². The largest absolute Gasteiger partial charge is 0.368 e. The van der Waals surface area contributed by atoms with Gasteiger partial charge in [-0.05, 0) is 51.5 Å². The monoisotopic (exact) mass is 297 g/mol. The van der Waals surface area contributed by atoms with Gasteiger partial charge in [0.2, 0.25) is 5.91 Å². The summed E-state index contributed by atoms with van der Waals surface area (Å²) in [5.74, 6) is 0.453. The Kier molecular flexibility index (Phi) is 7.14. The maximum Gasteiger partial charge on any atom is 0.237 e. The minimum atomic E-state index is -0.510. The molecule has 2 atom stereocenters. The highest BCUT2D eigenvalue weighted by atomic mass is 16.1. The second-order valence-electron chi connectivity index (χ2n) is 7.01. The highest BCUT2D eigenvalue weighted by Crippen LogP contribution is 2.33. The summed E-state index contributed by atoms with van der Waals surface area (Å²) in [6.45, 7) is 10.2. The number of nitrogens with zero attached hydrogens (tertiary/aromatic N) is 1. The third kappa shape index (κ3) is 4.43. The lowest BCUT2D eigenvalue weighted by Gasteiger charge is -2.46. The summed E-state index contributed by atoms with van der Waals surface area (Å²) in [5, 5.41) is 3.23. The van der Waals surface area contributed by atoms with Crippen LogP contribution in [0.2, 0.25) is 0 Å². The van der Waals surface area contributed by atoms with Crippen LogP contribution in [-0.2, 0) is 4.79 Å². The maximum atomic E-state index is 11.9. The molecular weight excluding hydrogens is 262 g/mol. The van der Waals surface area contributed by atoms with E-state index in [1.54, 1.807) is 0 Å². The molecule has 0 aromatic heterocycles. The molecule has 4 heteroatoms. The lowest BCUT2D eigenvalue weighted by atomic mass is 9.77. The van der Waals surface area contributed by atoms with E-state index in [2.05, 4.69) is 37.9 Å². The summed E-state index contributed by atoms with van der Waals surface area (Å²) in [4.78, 5) is 14.6. The molecule has 1 saturated carbocycles. The molecule has 1 aliphatic carbocycles. The molecule has 1 fully saturated rings. The van der Waals surface area contributed by atoms with Crippen molar-refractivity contribution in [2.45, 2.75) is 83.8 Å². The molecule has 0 bridgehead atoms. The van der Waals surface area contributed by atoms with E-state index < -0.39 is 5.54 Å². The van der Waals surface area contributed by atoms with E-state index in [0.29, 0.717) is 18.0 Å². The summed E-state index contributed by atoms with van der Waals surface area (Å²) in [6, 6.07) is 1.07. The molecule has 0 aromatic rings. The Bertz CT molecular complexity index is 328. The van der Waals surface area contributed by atoms with E-state index in [1.165, 1.54) is 19.3 Å². The maximum absolute atomic E-state index is 11.9. The number of rotatable bonds is 8. The summed E-state index contributed by atoms with van der Waals surface area (Å²) >= 11 is 0. The number of nitrogens with one attached hydrogen (secondary N) is 1. The number of hydrogen-bond donors (Lipinski definition) is 2. The van der Waals surface area contributed by atoms with Crippen molar-refractivity contribution in [1.82, 2.24) is 10.2 Å². The molecule has 1 rings (SSSR count). The first-order valence-electron chi connectivity index (χ1n) is 8.64. The molecule has 2 unspecified atom stereocenters. The van der Waals surface area contributed by atoms with E-state index in [0.717, 1.165) is 25.8 Å². The Labute approximate surface area is 130 Å². The Morgan fingerprint density at radius 3 is 2.43 bits per heavy atom. The van der Waals surface area contributed by atoms with Gasteiger partial charge in [0, 0.05) is 18.6 Å². The third-order valence-electron chi connectivity index (χ3n) is 5.13. The van der Waals surface area contributed by atoms with Crippen LogP contribution < -0.4 is 11.1 Å². The van der Waals surface area contributed by atoms with Crippen molar-refractivity contribution in [1.29, 1.82) is 0 Å². The topological polar surface area (TPSA) is 58.4 Å². The molecule has 3 N–H and O–H groups in total. The van der Waals surface area contributed by atoms with E-state index in [1.807, 2.05) is 7.05 Å². The van der Waals surface area contributed by atoms with Crippen LogP contribution in [0.3, 0.4) is 0 Å². The molecule has 124 valence electrons. The van der Waals surface area contributed by atoms with Crippen molar-refractivity contribution in [2.24, 2.45) is 11.7 Å². The van der Waals surface area contributed by atoms with Crippen LogP contribution in [-0.4, -0.2) is 42.0 Å². The second-order valence-corrected chi connectivity index (χ2v) is 7.01. The van der Waals surface area contributed by atoms with Crippen molar-refractivity contribution in [3.05, 3.63) is 0 Å². The van der Waals surface area contributed by atoms with Crippen molar-refractivity contribution < 1.29 is 4.79 Å². The highest BCUT2D eigenvalue weighted by molar-refractivity contribution is 5.84. The molecule has 0 spiro atoms. The fourth-order valence-electron chi connectivity index (χ4n) is 3.88. The van der Waals surface area contributed by atoms with Gasteiger partial charge in [0.15, 0.2) is 0 Å². The first-order chi connectivity index (χ1) is 9.90. The van der Waals surface area contributed by atoms with Crippen LogP contribution in [0.1, 0.15) is 66.2 Å². The second kappa shape index (κ2) is 8.14. The molecule has 1 aliphatic rings. The van der Waals surface area contributed by atoms with Gasteiger partial charge in [-0.15, -0.1) is 0 Å². The fourth-order valence-corrected chi connectivity index (χ4v) is 3.88. The average Bonchev–Trinajstić information content (AvgIpc) is 2.46. The first kappa shape index (κ1) is 18.4. The number of nitrogens with two attached hydrogens (primary N) is 1. The summed E-state index contributed by atoms with van der Waals surface area (Å²) in [7, 11) is 1.87. The van der Waals surface area contributed by atoms with E-state index >= 15 is 0 Å². The van der Waals surface area contributed by atoms with Crippen LogP contribution >= 0.6 is 0 Å². The molecule has 21 heavy (non-hydrogen) atoms. The van der Waals surface area contributed by atoms with Gasteiger partial charge in [0.1, 0.15) is 0 Å². The molecule has 0 aliphatic heterocycles. The molecule has 0 saturated heterocycles. The average molecular weight is 297 g/mol. The number of carbonyl (C=O) groups excluding carboxylic acids is 1. The predicted molar refractivity (Wildman–Crippen MR) is 89.2 cm³/mol. The summed E-state index contributed by atoms with van der Waals surface area (Å²) in [6.07, 6.45) is 6.31. The SMILES string of the molecule is CCC(CC)N(CC(C)C)C1CCCC(NC)(C(N)=O)C1. The number of likely N-dealkylation sites (N-methyl/N-ethyl adjacent to an activating group) is 1. The molecule has 0 aromatic carbocycles. The van der Waals surface area contributed by atoms with Gasteiger partial charge in [0.25, 0.3) is 0 Å². The highest BCUT2D eigenvalue weighted by Gasteiger charge is 2.42. The number of primary amides is 1. The van der Waals surface area contributed by atoms with E-state index in [4.69, 9.17) is 5.73 Å². The number of amides is 1. The molecule has 0 radical (unpaired) electrons. The summed E-state index contributed by atoms with van der Waals surface area (Å²) < 4.78 is 0. The Balaban J connectivity index is 2.93. The Morgan fingerprint density at radius 2 is 2.00 bits per heavy atom. The van der Waals surface area contributed by atoms with Crippen molar-refractivity contribution in [3.8, 4) is 0 Å². The minimum absolute atomic E-state index is 0.191. The predicted octanol–water partition coefficient (Wildman–Crippen LogP) is 2.52. The number of hydrogen-bond acceptors (Lipinski definition) is 3.